The van der Waals surface area contributed by atoms with Gasteiger partial charge in [0.05, 0.1) is 7.11 Å². The first-order chi connectivity index (χ1) is 13.9. The standard InChI is InChI=1S/C22H27N3O4/c1-4-17-12-8-9-13-18(17)25-22(28)23-15(2)20(26)24-19(21(27)29-3)14-16-10-6-5-7-11-16/h5-13,15,19H,4,14H2,1-3H3,(H,24,26)(H2,23,25,28). The number of hydrogen-bond acceptors (Lipinski definition) is 4. The van der Waals surface area contributed by atoms with Crippen molar-refractivity contribution in [3.05, 3.63) is 65.7 Å². The van der Waals surface area contributed by atoms with Crippen LogP contribution in [0.4, 0.5) is 10.5 Å². The number of hydrogen-bond donors (Lipinski definition) is 3. The van der Waals surface area contributed by atoms with Crippen LogP contribution in [0.15, 0.2) is 54.6 Å². The molecule has 154 valence electrons. The van der Waals surface area contributed by atoms with Gasteiger partial charge in [0.2, 0.25) is 5.91 Å². The Labute approximate surface area is 170 Å². The van der Waals surface area contributed by atoms with E-state index in [1.807, 2.05) is 55.5 Å². The van der Waals surface area contributed by atoms with Crippen molar-refractivity contribution in [2.75, 3.05) is 12.4 Å². The highest BCUT2D eigenvalue weighted by Gasteiger charge is 2.25. The summed E-state index contributed by atoms with van der Waals surface area (Å²) in [4.78, 5) is 36.9. The van der Waals surface area contributed by atoms with E-state index in [4.69, 9.17) is 4.74 Å². The quantitative estimate of drug-likeness (QED) is 0.597. The van der Waals surface area contributed by atoms with E-state index < -0.39 is 30.0 Å². The smallest absolute Gasteiger partial charge is 0.328 e. The Kier molecular flexibility index (Phi) is 8.21. The van der Waals surface area contributed by atoms with E-state index in [-0.39, 0.29) is 0 Å². The third-order valence-corrected chi connectivity index (χ3v) is 4.47. The Morgan fingerprint density at radius 1 is 0.966 bits per heavy atom. The molecule has 0 radical (unpaired) electrons. The Balaban J connectivity index is 1.96. The summed E-state index contributed by atoms with van der Waals surface area (Å²) in [7, 11) is 1.27. The highest BCUT2D eigenvalue weighted by molar-refractivity contribution is 5.95. The lowest BCUT2D eigenvalue weighted by Gasteiger charge is -2.20. The van der Waals surface area contributed by atoms with E-state index in [2.05, 4.69) is 16.0 Å². The van der Waals surface area contributed by atoms with Crippen molar-refractivity contribution >= 4 is 23.6 Å². The predicted molar refractivity (Wildman–Crippen MR) is 112 cm³/mol. The van der Waals surface area contributed by atoms with Crippen LogP contribution in [0.2, 0.25) is 0 Å². The number of amides is 3. The van der Waals surface area contributed by atoms with Crippen molar-refractivity contribution in [2.24, 2.45) is 0 Å². The first-order valence-corrected chi connectivity index (χ1v) is 9.52. The molecule has 0 fully saturated rings. The van der Waals surface area contributed by atoms with Crippen molar-refractivity contribution < 1.29 is 19.1 Å². The van der Waals surface area contributed by atoms with Crippen LogP contribution in [0.5, 0.6) is 0 Å². The van der Waals surface area contributed by atoms with Gasteiger partial charge in [-0.1, -0.05) is 55.5 Å². The summed E-state index contributed by atoms with van der Waals surface area (Å²) in [6.45, 7) is 3.55. The predicted octanol–water partition coefficient (Wildman–Crippen LogP) is 2.66. The van der Waals surface area contributed by atoms with Crippen LogP contribution in [0.1, 0.15) is 25.0 Å². The zero-order chi connectivity index (χ0) is 21.2. The zero-order valence-corrected chi connectivity index (χ0v) is 16.9. The van der Waals surface area contributed by atoms with Crippen LogP contribution >= 0.6 is 0 Å². The van der Waals surface area contributed by atoms with E-state index in [1.54, 1.807) is 13.0 Å². The first kappa shape index (κ1) is 21.9. The van der Waals surface area contributed by atoms with Gasteiger partial charge in [-0.05, 0) is 30.5 Å². The Hall–Kier alpha value is -3.35. The van der Waals surface area contributed by atoms with Gasteiger partial charge in [0.25, 0.3) is 0 Å². The monoisotopic (exact) mass is 397 g/mol. The molecule has 2 aromatic rings. The van der Waals surface area contributed by atoms with Gasteiger partial charge in [-0.15, -0.1) is 0 Å². The third-order valence-electron chi connectivity index (χ3n) is 4.47. The van der Waals surface area contributed by atoms with E-state index in [0.717, 1.165) is 17.5 Å². The van der Waals surface area contributed by atoms with E-state index in [0.29, 0.717) is 12.1 Å². The molecule has 0 bridgehead atoms. The number of aryl methyl sites for hydroxylation is 1. The lowest BCUT2D eigenvalue weighted by molar-refractivity contribution is -0.145. The number of nitrogens with one attached hydrogen (secondary N) is 3. The van der Waals surface area contributed by atoms with Gasteiger partial charge in [0, 0.05) is 12.1 Å². The summed E-state index contributed by atoms with van der Waals surface area (Å²) in [5.41, 5.74) is 2.57. The maximum Gasteiger partial charge on any atom is 0.328 e. The summed E-state index contributed by atoms with van der Waals surface area (Å²) < 4.78 is 4.80. The molecule has 0 heterocycles. The lowest BCUT2D eigenvalue weighted by Crippen LogP contribution is -2.52. The molecule has 2 rings (SSSR count). The van der Waals surface area contributed by atoms with Crippen molar-refractivity contribution in [3.8, 4) is 0 Å². The number of para-hydroxylation sites is 1. The number of methoxy groups -OCH3 is 1. The highest BCUT2D eigenvalue weighted by atomic mass is 16.5. The first-order valence-electron chi connectivity index (χ1n) is 9.52. The molecular weight excluding hydrogens is 370 g/mol. The van der Waals surface area contributed by atoms with Gasteiger partial charge >= 0.3 is 12.0 Å². The van der Waals surface area contributed by atoms with Crippen molar-refractivity contribution in [1.82, 2.24) is 10.6 Å². The molecule has 7 heteroatoms. The fourth-order valence-electron chi connectivity index (χ4n) is 2.85. The fourth-order valence-corrected chi connectivity index (χ4v) is 2.85. The van der Waals surface area contributed by atoms with Crippen LogP contribution in [-0.4, -0.2) is 37.1 Å². The minimum absolute atomic E-state index is 0.294. The molecule has 0 saturated heterocycles. The SMILES string of the molecule is CCc1ccccc1NC(=O)NC(C)C(=O)NC(Cc1ccccc1)C(=O)OC. The van der Waals surface area contributed by atoms with Gasteiger partial charge < -0.3 is 20.7 Å². The van der Waals surface area contributed by atoms with Crippen molar-refractivity contribution in [1.29, 1.82) is 0 Å². The van der Waals surface area contributed by atoms with Gasteiger partial charge in [0.1, 0.15) is 12.1 Å². The number of anilines is 1. The van der Waals surface area contributed by atoms with Gasteiger partial charge in [-0.2, -0.15) is 0 Å². The van der Waals surface area contributed by atoms with Crippen LogP contribution in [0.3, 0.4) is 0 Å². The number of esters is 1. The maximum absolute atomic E-state index is 12.5. The summed E-state index contributed by atoms with van der Waals surface area (Å²) in [5.74, 6) is -1.02. The van der Waals surface area contributed by atoms with E-state index >= 15 is 0 Å². The normalized spacial score (nSPS) is 12.4. The maximum atomic E-state index is 12.5. The molecule has 7 nitrogen and oxygen atoms in total. The van der Waals surface area contributed by atoms with Gasteiger partial charge in [0.15, 0.2) is 0 Å². The molecule has 29 heavy (non-hydrogen) atoms. The molecule has 0 aromatic heterocycles. The number of urea groups is 1. The largest absolute Gasteiger partial charge is 0.467 e. The number of carbonyl (C=O) groups is 3. The zero-order valence-electron chi connectivity index (χ0n) is 16.9. The summed E-state index contributed by atoms with van der Waals surface area (Å²) in [6, 6.07) is 14.6. The van der Waals surface area contributed by atoms with Gasteiger partial charge in [-0.25, -0.2) is 9.59 Å². The topological polar surface area (TPSA) is 96.5 Å². The second kappa shape index (κ2) is 10.8. The van der Waals surface area contributed by atoms with Crippen molar-refractivity contribution in [3.63, 3.8) is 0 Å². The molecule has 0 aliphatic carbocycles. The molecule has 2 aromatic carbocycles. The summed E-state index contributed by atoms with van der Waals surface area (Å²) >= 11 is 0. The Bertz CT molecular complexity index is 839. The second-order valence-corrected chi connectivity index (χ2v) is 6.60. The molecule has 0 aliphatic heterocycles. The highest BCUT2D eigenvalue weighted by Crippen LogP contribution is 2.15. The fraction of sp³-hybridized carbons (Fsp3) is 0.318. The number of benzene rings is 2. The molecule has 0 spiro atoms. The second-order valence-electron chi connectivity index (χ2n) is 6.60. The number of carbonyl (C=O) groups excluding carboxylic acids is 3. The van der Waals surface area contributed by atoms with Gasteiger partial charge in [-0.3, -0.25) is 4.79 Å². The van der Waals surface area contributed by atoms with Crippen LogP contribution in [0, 0.1) is 0 Å². The summed E-state index contributed by atoms with van der Waals surface area (Å²) in [6.07, 6.45) is 1.06. The number of ether oxygens (including phenoxy) is 1. The number of rotatable bonds is 8. The molecule has 0 aliphatic rings. The molecule has 3 amide bonds. The average Bonchev–Trinajstić information content (AvgIpc) is 2.73. The molecule has 3 N–H and O–H groups in total. The van der Waals surface area contributed by atoms with Crippen LogP contribution in [-0.2, 0) is 27.2 Å². The van der Waals surface area contributed by atoms with E-state index in [9.17, 15) is 14.4 Å². The Morgan fingerprint density at radius 2 is 1.62 bits per heavy atom. The van der Waals surface area contributed by atoms with Crippen LogP contribution < -0.4 is 16.0 Å². The molecule has 0 saturated carbocycles. The average molecular weight is 397 g/mol. The Morgan fingerprint density at radius 3 is 2.28 bits per heavy atom. The third kappa shape index (κ3) is 6.64. The molecule has 2 unspecified atom stereocenters. The van der Waals surface area contributed by atoms with Crippen molar-refractivity contribution in [2.45, 2.75) is 38.8 Å². The van der Waals surface area contributed by atoms with E-state index in [1.165, 1.54) is 7.11 Å². The minimum Gasteiger partial charge on any atom is -0.467 e. The molecule has 2 atom stereocenters. The molecular formula is C22H27N3O4. The lowest BCUT2D eigenvalue weighted by atomic mass is 10.1. The minimum atomic E-state index is -0.844. The summed E-state index contributed by atoms with van der Waals surface area (Å²) in [5, 5.41) is 8.00. The van der Waals surface area contributed by atoms with Crippen LogP contribution in [0.25, 0.3) is 0 Å².